The zero-order valence-electron chi connectivity index (χ0n) is 37.8. The zero-order chi connectivity index (χ0) is 45.5. The quantitative estimate of drug-likeness (QED) is 0.155. The molecule has 1 spiro atoms. The normalized spacial score (nSPS) is 12.8. The predicted octanol–water partition coefficient (Wildman–Crippen LogP) is 17.6. The fraction of sp³-hybridized carbons (Fsp3) is 0.0149. The van der Waals surface area contributed by atoms with Crippen LogP contribution in [0.1, 0.15) is 22.3 Å². The highest BCUT2D eigenvalue weighted by Gasteiger charge is 2.50. The van der Waals surface area contributed by atoms with Gasteiger partial charge in [0.1, 0.15) is 0 Å². The van der Waals surface area contributed by atoms with E-state index in [4.69, 9.17) is 0 Å². The van der Waals surface area contributed by atoms with Crippen LogP contribution in [0.5, 0.6) is 0 Å². The molecular formula is C67H44N2. The number of hydrogen-bond acceptors (Lipinski definition) is 1. The maximum Gasteiger partial charge on any atom is 0.0754 e. The lowest BCUT2D eigenvalue weighted by Crippen LogP contribution is -2.33. The van der Waals surface area contributed by atoms with E-state index in [1.165, 1.54) is 88.7 Å². The molecule has 0 saturated heterocycles. The third-order valence-corrected chi connectivity index (χ3v) is 14.8. The predicted molar refractivity (Wildman–Crippen MR) is 288 cm³/mol. The fourth-order valence-electron chi connectivity index (χ4n) is 12.0. The van der Waals surface area contributed by atoms with Crippen LogP contribution < -0.4 is 4.90 Å². The molecular weight excluding hydrogens is 833 g/mol. The van der Waals surface area contributed by atoms with Gasteiger partial charge in [-0.15, -0.1) is 0 Å². The minimum Gasteiger partial charge on any atom is -0.309 e. The van der Waals surface area contributed by atoms with E-state index in [1.54, 1.807) is 0 Å². The summed E-state index contributed by atoms with van der Waals surface area (Å²) in [5, 5.41) is 2.46. The molecule has 0 amide bonds. The SMILES string of the molecule is c1ccc(-c2ccc(-c3ccccc3N(c3ccc4c(c3)c3cccc5c3n4-c3ccccc3C53c4ccccc4-c4ccccc43)c3ccccc3-c3ccccc3-c3ccccc3)cc2)cc1. The lowest BCUT2D eigenvalue weighted by atomic mass is 9.65. The summed E-state index contributed by atoms with van der Waals surface area (Å²) in [6.45, 7) is 0. The number of benzene rings is 11. The van der Waals surface area contributed by atoms with E-state index in [0.29, 0.717) is 0 Å². The monoisotopic (exact) mass is 876 g/mol. The van der Waals surface area contributed by atoms with E-state index in [9.17, 15) is 0 Å². The van der Waals surface area contributed by atoms with Gasteiger partial charge in [-0.2, -0.15) is 0 Å². The smallest absolute Gasteiger partial charge is 0.0754 e. The second kappa shape index (κ2) is 15.6. The summed E-state index contributed by atoms with van der Waals surface area (Å²) in [4.78, 5) is 2.50. The largest absolute Gasteiger partial charge is 0.309 e. The molecule has 2 aliphatic rings. The summed E-state index contributed by atoms with van der Waals surface area (Å²) in [6, 6.07) is 98.5. The molecule has 1 aromatic heterocycles. The summed E-state index contributed by atoms with van der Waals surface area (Å²) < 4.78 is 2.55. The van der Waals surface area contributed by atoms with Gasteiger partial charge >= 0.3 is 0 Å². The van der Waals surface area contributed by atoms with Gasteiger partial charge in [0, 0.05) is 27.6 Å². The highest BCUT2D eigenvalue weighted by molar-refractivity contribution is 6.14. The Bertz CT molecular complexity index is 3910. The van der Waals surface area contributed by atoms with Gasteiger partial charge in [0.2, 0.25) is 0 Å². The fourth-order valence-corrected chi connectivity index (χ4v) is 12.0. The molecule has 322 valence electrons. The summed E-state index contributed by atoms with van der Waals surface area (Å²) in [7, 11) is 0. The molecule has 0 unspecified atom stereocenters. The van der Waals surface area contributed by atoms with E-state index in [1.807, 2.05) is 0 Å². The molecule has 0 fully saturated rings. The van der Waals surface area contributed by atoms with Crippen LogP contribution in [0.15, 0.2) is 267 Å². The van der Waals surface area contributed by atoms with Crippen LogP contribution in [0.25, 0.3) is 83.1 Å². The van der Waals surface area contributed by atoms with Crippen molar-refractivity contribution in [1.29, 1.82) is 0 Å². The van der Waals surface area contributed by atoms with Crippen molar-refractivity contribution in [1.82, 2.24) is 4.57 Å². The summed E-state index contributed by atoms with van der Waals surface area (Å²) >= 11 is 0. The highest BCUT2D eigenvalue weighted by atomic mass is 15.1. The van der Waals surface area contributed by atoms with Gasteiger partial charge in [0.15, 0.2) is 0 Å². The minimum absolute atomic E-state index is 0.470. The van der Waals surface area contributed by atoms with Crippen molar-refractivity contribution in [3.8, 4) is 61.3 Å². The lowest BCUT2D eigenvalue weighted by Gasteiger charge is -2.39. The van der Waals surface area contributed by atoms with Crippen LogP contribution in [0.4, 0.5) is 17.1 Å². The molecule has 0 bridgehead atoms. The molecule has 0 atom stereocenters. The van der Waals surface area contributed by atoms with Gasteiger partial charge < -0.3 is 9.47 Å². The van der Waals surface area contributed by atoms with E-state index in [0.717, 1.165) is 33.8 Å². The molecule has 1 aliphatic carbocycles. The molecule has 2 nitrogen and oxygen atoms in total. The molecule has 12 aromatic rings. The van der Waals surface area contributed by atoms with Crippen LogP contribution in [0, 0.1) is 0 Å². The standard InChI is InChI=1S/C67H44N2/c1-3-20-45(21-4-1)46-38-40-48(41-39-46)51-25-11-16-35-62(51)68(63-36-17-12-29-55(63)52-26-8-7-24-50(52)47-22-5-2-6-23-47)49-42-43-64-57(44-49)56-30-19-34-61-66(56)69(64)65-37-18-15-33-60(65)67(61)58-31-13-9-27-53(58)54-28-10-14-32-59(54)67/h1-44H. The average Bonchev–Trinajstić information content (AvgIpc) is 3.92. The highest BCUT2D eigenvalue weighted by Crippen LogP contribution is 2.61. The first-order valence-electron chi connectivity index (χ1n) is 23.9. The lowest BCUT2D eigenvalue weighted by molar-refractivity contribution is 0.748. The van der Waals surface area contributed by atoms with Crippen LogP contribution in [0.2, 0.25) is 0 Å². The Hall–Kier alpha value is -8.98. The minimum atomic E-state index is -0.470. The van der Waals surface area contributed by atoms with Crippen LogP contribution >= 0.6 is 0 Å². The maximum atomic E-state index is 2.55. The Balaban J connectivity index is 1.03. The van der Waals surface area contributed by atoms with Crippen molar-refractivity contribution in [2.24, 2.45) is 0 Å². The van der Waals surface area contributed by atoms with E-state index in [-0.39, 0.29) is 0 Å². The number of rotatable bonds is 7. The van der Waals surface area contributed by atoms with E-state index >= 15 is 0 Å². The third kappa shape index (κ3) is 5.79. The van der Waals surface area contributed by atoms with Gasteiger partial charge in [-0.1, -0.05) is 231 Å². The molecule has 69 heavy (non-hydrogen) atoms. The van der Waals surface area contributed by atoms with Crippen molar-refractivity contribution in [3.05, 3.63) is 289 Å². The van der Waals surface area contributed by atoms with Crippen molar-refractivity contribution >= 4 is 38.9 Å². The van der Waals surface area contributed by atoms with E-state index < -0.39 is 5.41 Å². The number of para-hydroxylation sites is 4. The Morgan fingerprint density at radius 1 is 0.290 bits per heavy atom. The first-order chi connectivity index (χ1) is 34.3. The number of nitrogens with zero attached hydrogens (tertiary/aromatic N) is 2. The maximum absolute atomic E-state index is 2.55. The first-order valence-corrected chi connectivity index (χ1v) is 23.9. The number of aromatic nitrogens is 1. The van der Waals surface area contributed by atoms with Gasteiger partial charge in [0.05, 0.1) is 33.5 Å². The van der Waals surface area contributed by atoms with Crippen LogP contribution in [-0.4, -0.2) is 4.57 Å². The number of fused-ring (bicyclic) bond motifs is 12. The Kier molecular flexibility index (Phi) is 8.84. The van der Waals surface area contributed by atoms with Gasteiger partial charge in [0.25, 0.3) is 0 Å². The average molecular weight is 877 g/mol. The van der Waals surface area contributed by atoms with Crippen molar-refractivity contribution in [3.63, 3.8) is 0 Å². The number of anilines is 3. The zero-order valence-corrected chi connectivity index (χ0v) is 37.8. The number of hydrogen-bond donors (Lipinski definition) is 0. The summed E-state index contributed by atoms with van der Waals surface area (Å²) in [6.07, 6.45) is 0. The molecule has 1 aliphatic heterocycles. The van der Waals surface area contributed by atoms with Gasteiger partial charge in [-0.05, 0) is 103 Å². The third-order valence-electron chi connectivity index (χ3n) is 14.8. The Labute approximate surface area is 402 Å². The summed E-state index contributed by atoms with van der Waals surface area (Å²) in [5.74, 6) is 0. The molecule has 2 heterocycles. The molecule has 14 rings (SSSR count). The molecule has 0 saturated carbocycles. The molecule has 0 N–H and O–H groups in total. The Morgan fingerprint density at radius 2 is 0.768 bits per heavy atom. The van der Waals surface area contributed by atoms with Gasteiger partial charge in [-0.25, -0.2) is 0 Å². The van der Waals surface area contributed by atoms with E-state index in [2.05, 4.69) is 276 Å². The second-order valence-corrected chi connectivity index (χ2v) is 18.3. The van der Waals surface area contributed by atoms with Crippen molar-refractivity contribution < 1.29 is 0 Å². The molecule has 11 aromatic carbocycles. The van der Waals surface area contributed by atoms with Gasteiger partial charge in [-0.3, -0.25) is 0 Å². The van der Waals surface area contributed by atoms with Crippen LogP contribution in [0.3, 0.4) is 0 Å². The van der Waals surface area contributed by atoms with Crippen molar-refractivity contribution in [2.75, 3.05) is 4.90 Å². The second-order valence-electron chi connectivity index (χ2n) is 18.3. The van der Waals surface area contributed by atoms with Crippen molar-refractivity contribution in [2.45, 2.75) is 5.41 Å². The molecule has 2 heteroatoms. The van der Waals surface area contributed by atoms with Crippen LogP contribution in [-0.2, 0) is 5.41 Å². The first kappa shape index (κ1) is 39.2. The Morgan fingerprint density at radius 3 is 1.46 bits per heavy atom. The topological polar surface area (TPSA) is 8.17 Å². The molecule has 0 radical (unpaired) electrons. The summed E-state index contributed by atoms with van der Waals surface area (Å²) in [5.41, 5.74) is 23.9.